The molecule has 112 valence electrons. The number of hydrogen-bond donors (Lipinski definition) is 1. The van der Waals surface area contributed by atoms with Crippen LogP contribution in [-0.2, 0) is 13.0 Å². The van der Waals surface area contributed by atoms with Gasteiger partial charge >= 0.3 is 0 Å². The van der Waals surface area contributed by atoms with Crippen LogP contribution in [0, 0.1) is 5.82 Å². The van der Waals surface area contributed by atoms with Crippen LogP contribution in [-0.4, -0.2) is 25.0 Å². The van der Waals surface area contributed by atoms with Crippen LogP contribution < -0.4 is 5.32 Å². The van der Waals surface area contributed by atoms with Crippen molar-refractivity contribution in [1.82, 2.24) is 10.2 Å². The van der Waals surface area contributed by atoms with E-state index < -0.39 is 0 Å². The highest BCUT2D eigenvalue weighted by Gasteiger charge is 2.19. The van der Waals surface area contributed by atoms with Crippen molar-refractivity contribution in [3.63, 3.8) is 0 Å². The molecule has 4 heteroatoms. The molecule has 1 aromatic heterocycles. The zero-order valence-electron chi connectivity index (χ0n) is 12.3. The standard InChI is InChI=1S/C17H21FN2S/c1-19-16(14-4-2-3-5-15(14)18)6-9-20-10-7-17-13(12-20)8-11-21-17/h2-5,8,11,16,19H,6-7,9-10,12H2,1H3. The average Bonchev–Trinajstić information content (AvgIpc) is 2.97. The third-order valence-electron chi connectivity index (χ3n) is 4.25. The van der Waals surface area contributed by atoms with Crippen molar-refractivity contribution in [3.05, 3.63) is 57.5 Å². The number of nitrogens with one attached hydrogen (secondary N) is 1. The van der Waals surface area contributed by atoms with Gasteiger partial charge in [0.2, 0.25) is 0 Å². The van der Waals surface area contributed by atoms with Gasteiger partial charge in [0.25, 0.3) is 0 Å². The Morgan fingerprint density at radius 3 is 3.00 bits per heavy atom. The van der Waals surface area contributed by atoms with Crippen LogP contribution in [0.15, 0.2) is 35.7 Å². The molecule has 0 saturated heterocycles. The molecule has 3 rings (SSSR count). The maximum Gasteiger partial charge on any atom is 0.127 e. The molecule has 1 N–H and O–H groups in total. The lowest BCUT2D eigenvalue weighted by molar-refractivity contribution is 0.241. The first kappa shape index (κ1) is 14.7. The Kier molecular flexibility index (Phi) is 4.68. The number of halogens is 1. The van der Waals surface area contributed by atoms with Gasteiger partial charge in [-0.05, 0) is 43.0 Å². The van der Waals surface area contributed by atoms with E-state index in [0.29, 0.717) is 0 Å². The largest absolute Gasteiger partial charge is 0.313 e. The van der Waals surface area contributed by atoms with Gasteiger partial charge in [-0.15, -0.1) is 11.3 Å². The van der Waals surface area contributed by atoms with Gasteiger partial charge < -0.3 is 5.32 Å². The molecule has 0 amide bonds. The van der Waals surface area contributed by atoms with E-state index in [1.807, 2.05) is 30.5 Å². The van der Waals surface area contributed by atoms with Gasteiger partial charge in [-0.25, -0.2) is 4.39 Å². The molecule has 2 aromatic rings. The van der Waals surface area contributed by atoms with E-state index in [9.17, 15) is 4.39 Å². The number of thiophene rings is 1. The molecule has 1 unspecified atom stereocenters. The summed E-state index contributed by atoms with van der Waals surface area (Å²) in [4.78, 5) is 4.01. The predicted molar refractivity (Wildman–Crippen MR) is 86.1 cm³/mol. The Labute approximate surface area is 129 Å². The topological polar surface area (TPSA) is 15.3 Å². The van der Waals surface area contributed by atoms with Crippen LogP contribution >= 0.6 is 11.3 Å². The maximum absolute atomic E-state index is 13.9. The molecule has 0 spiro atoms. The van der Waals surface area contributed by atoms with Crippen LogP contribution in [0.2, 0.25) is 0 Å². The monoisotopic (exact) mass is 304 g/mol. The third-order valence-corrected chi connectivity index (χ3v) is 5.27. The quantitative estimate of drug-likeness (QED) is 0.908. The maximum atomic E-state index is 13.9. The molecule has 1 aromatic carbocycles. The van der Waals surface area contributed by atoms with Crippen molar-refractivity contribution in [2.24, 2.45) is 0 Å². The van der Waals surface area contributed by atoms with Crippen LogP contribution in [0.25, 0.3) is 0 Å². The number of rotatable bonds is 5. The van der Waals surface area contributed by atoms with Gasteiger partial charge in [0.15, 0.2) is 0 Å². The molecular weight excluding hydrogens is 283 g/mol. The van der Waals surface area contributed by atoms with Crippen LogP contribution in [0.3, 0.4) is 0 Å². The first-order valence-corrected chi connectivity index (χ1v) is 8.35. The fourth-order valence-electron chi connectivity index (χ4n) is 3.02. The van der Waals surface area contributed by atoms with E-state index in [2.05, 4.69) is 21.7 Å². The number of fused-ring (bicyclic) bond motifs is 1. The van der Waals surface area contributed by atoms with Gasteiger partial charge in [0.1, 0.15) is 5.82 Å². The Morgan fingerprint density at radius 1 is 1.33 bits per heavy atom. The molecule has 2 nitrogen and oxygen atoms in total. The van der Waals surface area contributed by atoms with E-state index >= 15 is 0 Å². The first-order chi connectivity index (χ1) is 10.3. The Hall–Kier alpha value is -1.23. The van der Waals surface area contributed by atoms with E-state index in [1.165, 1.54) is 16.5 Å². The second-order valence-electron chi connectivity index (χ2n) is 5.55. The molecule has 1 aliphatic rings. The Morgan fingerprint density at radius 2 is 2.19 bits per heavy atom. The highest BCUT2D eigenvalue weighted by Crippen LogP contribution is 2.25. The summed E-state index contributed by atoms with van der Waals surface area (Å²) >= 11 is 1.87. The second kappa shape index (κ2) is 6.69. The van der Waals surface area contributed by atoms with Gasteiger partial charge in [0, 0.05) is 36.1 Å². The second-order valence-corrected chi connectivity index (χ2v) is 6.55. The van der Waals surface area contributed by atoms with Crippen molar-refractivity contribution in [2.45, 2.75) is 25.4 Å². The van der Waals surface area contributed by atoms with Crippen molar-refractivity contribution >= 4 is 11.3 Å². The molecule has 0 saturated carbocycles. The van der Waals surface area contributed by atoms with Crippen LogP contribution in [0.5, 0.6) is 0 Å². The highest BCUT2D eigenvalue weighted by molar-refractivity contribution is 7.10. The third kappa shape index (κ3) is 3.34. The Bertz CT molecular complexity index is 596. The molecule has 1 atom stereocenters. The lowest BCUT2D eigenvalue weighted by atomic mass is 10.0. The van der Waals surface area contributed by atoms with Crippen LogP contribution in [0.4, 0.5) is 4.39 Å². The predicted octanol–water partition coefficient (Wildman–Crippen LogP) is 3.60. The Balaban J connectivity index is 1.60. The van der Waals surface area contributed by atoms with Gasteiger partial charge in [0.05, 0.1) is 0 Å². The van der Waals surface area contributed by atoms with Crippen molar-refractivity contribution < 1.29 is 4.39 Å². The number of hydrogen-bond acceptors (Lipinski definition) is 3. The fourth-order valence-corrected chi connectivity index (χ4v) is 3.91. The zero-order chi connectivity index (χ0) is 14.7. The van der Waals surface area contributed by atoms with E-state index in [4.69, 9.17) is 0 Å². The normalized spacial score (nSPS) is 16.7. The molecule has 0 radical (unpaired) electrons. The minimum absolute atomic E-state index is 0.0788. The summed E-state index contributed by atoms with van der Waals surface area (Å²) in [6.07, 6.45) is 2.08. The van der Waals surface area contributed by atoms with Crippen LogP contribution in [0.1, 0.15) is 28.5 Å². The summed E-state index contributed by atoms with van der Waals surface area (Å²) in [6.45, 7) is 3.14. The van der Waals surface area contributed by atoms with Crippen molar-refractivity contribution in [3.8, 4) is 0 Å². The minimum atomic E-state index is -0.115. The summed E-state index contributed by atoms with van der Waals surface area (Å²) in [6, 6.07) is 9.38. The smallest absolute Gasteiger partial charge is 0.127 e. The molecule has 2 heterocycles. The van der Waals surface area contributed by atoms with Crippen molar-refractivity contribution in [1.29, 1.82) is 0 Å². The summed E-state index contributed by atoms with van der Waals surface area (Å²) in [5.74, 6) is -0.115. The SMILES string of the molecule is CNC(CCN1CCc2sccc2C1)c1ccccc1F. The van der Waals surface area contributed by atoms with Gasteiger partial charge in [-0.2, -0.15) is 0 Å². The average molecular weight is 304 g/mol. The summed E-state index contributed by atoms with van der Waals surface area (Å²) in [5.41, 5.74) is 2.24. The molecule has 1 aliphatic heterocycles. The summed E-state index contributed by atoms with van der Waals surface area (Å²) < 4.78 is 13.9. The highest BCUT2D eigenvalue weighted by atomic mass is 32.1. The summed E-state index contributed by atoms with van der Waals surface area (Å²) in [5, 5.41) is 5.43. The van der Waals surface area contributed by atoms with Gasteiger partial charge in [-0.1, -0.05) is 18.2 Å². The van der Waals surface area contributed by atoms with E-state index in [0.717, 1.165) is 38.0 Å². The van der Waals surface area contributed by atoms with Crippen molar-refractivity contribution in [2.75, 3.05) is 20.1 Å². The fraction of sp³-hybridized carbons (Fsp3) is 0.412. The first-order valence-electron chi connectivity index (χ1n) is 7.47. The molecular formula is C17H21FN2S. The molecule has 21 heavy (non-hydrogen) atoms. The zero-order valence-corrected chi connectivity index (χ0v) is 13.1. The lowest BCUT2D eigenvalue weighted by Crippen LogP contribution is -2.32. The number of benzene rings is 1. The van der Waals surface area contributed by atoms with E-state index in [1.54, 1.807) is 6.07 Å². The number of nitrogens with zero attached hydrogens (tertiary/aromatic N) is 1. The summed E-state index contributed by atoms with van der Waals surface area (Å²) in [7, 11) is 1.91. The lowest BCUT2D eigenvalue weighted by Gasteiger charge is -2.28. The molecule has 0 bridgehead atoms. The molecule has 0 aliphatic carbocycles. The minimum Gasteiger partial charge on any atom is -0.313 e. The molecule has 0 fully saturated rings. The van der Waals surface area contributed by atoms with Gasteiger partial charge in [-0.3, -0.25) is 4.90 Å². The van der Waals surface area contributed by atoms with E-state index in [-0.39, 0.29) is 11.9 Å².